The van der Waals surface area contributed by atoms with Crippen molar-refractivity contribution in [3.05, 3.63) is 53.6 Å². The first-order chi connectivity index (χ1) is 12.6. The van der Waals surface area contributed by atoms with E-state index in [0.717, 1.165) is 30.0 Å². The summed E-state index contributed by atoms with van der Waals surface area (Å²) in [5.41, 5.74) is 0.601. The molecule has 0 aliphatic heterocycles. The van der Waals surface area contributed by atoms with Crippen LogP contribution in [0.4, 0.5) is 20.2 Å². The number of nitrogens with one attached hydrogen (secondary N) is 1. The minimum absolute atomic E-state index is 0.308. The molecule has 2 aromatic carbocycles. The van der Waals surface area contributed by atoms with Gasteiger partial charge in [0.15, 0.2) is 11.6 Å². The molecule has 0 aliphatic carbocycles. The van der Waals surface area contributed by atoms with Crippen LogP contribution < -0.4 is 14.4 Å². The number of halogens is 2. The van der Waals surface area contributed by atoms with Crippen molar-refractivity contribution in [1.82, 2.24) is 0 Å². The second-order valence-corrected chi connectivity index (χ2v) is 7.81. The van der Waals surface area contributed by atoms with Crippen LogP contribution in [-0.2, 0) is 14.8 Å². The first-order valence-electron chi connectivity index (χ1n) is 7.99. The topological polar surface area (TPSA) is 75.7 Å². The van der Waals surface area contributed by atoms with Gasteiger partial charge in [0.25, 0.3) is 0 Å². The Morgan fingerprint density at radius 2 is 1.81 bits per heavy atom. The molecule has 0 atom stereocenters. The molecule has 0 radical (unpaired) electrons. The van der Waals surface area contributed by atoms with Crippen LogP contribution in [0.2, 0.25) is 0 Å². The number of anilines is 2. The largest absolute Gasteiger partial charge is 0.495 e. The van der Waals surface area contributed by atoms with Gasteiger partial charge in [0.1, 0.15) is 11.4 Å². The lowest BCUT2D eigenvalue weighted by Gasteiger charge is -2.23. The Morgan fingerprint density at radius 3 is 2.37 bits per heavy atom. The van der Waals surface area contributed by atoms with Crippen molar-refractivity contribution in [1.29, 1.82) is 0 Å². The molecule has 0 bridgehead atoms. The summed E-state index contributed by atoms with van der Waals surface area (Å²) in [6.45, 7) is 1.41. The molecule has 0 heterocycles. The quantitative estimate of drug-likeness (QED) is 0.778. The molecule has 0 unspecified atom stereocenters. The van der Waals surface area contributed by atoms with Gasteiger partial charge in [0.2, 0.25) is 15.9 Å². The van der Waals surface area contributed by atoms with Gasteiger partial charge in [-0.05, 0) is 36.8 Å². The van der Waals surface area contributed by atoms with Gasteiger partial charge in [0, 0.05) is 13.0 Å². The predicted molar refractivity (Wildman–Crippen MR) is 99.5 cm³/mol. The minimum Gasteiger partial charge on any atom is -0.495 e. The molecule has 0 saturated carbocycles. The van der Waals surface area contributed by atoms with Gasteiger partial charge in [-0.15, -0.1) is 0 Å². The second-order valence-electron chi connectivity index (χ2n) is 5.91. The number of benzene rings is 2. The predicted octanol–water partition coefficient (Wildman–Crippen LogP) is 3.08. The molecule has 0 aliphatic rings. The number of rotatable bonds is 7. The Balaban J connectivity index is 2.19. The average molecular weight is 398 g/mol. The van der Waals surface area contributed by atoms with Crippen LogP contribution in [-0.4, -0.2) is 34.2 Å². The molecule has 146 valence electrons. The van der Waals surface area contributed by atoms with E-state index < -0.39 is 39.8 Å². The maximum absolute atomic E-state index is 14.0. The summed E-state index contributed by atoms with van der Waals surface area (Å²) < 4.78 is 57.7. The summed E-state index contributed by atoms with van der Waals surface area (Å²) in [5.74, 6) is -2.14. The number of nitrogens with zero attached hydrogens (tertiary/aromatic N) is 1. The molecule has 1 amide bonds. The Labute approximate surface area is 156 Å². The molecule has 0 aromatic heterocycles. The Bertz CT molecular complexity index is 928. The van der Waals surface area contributed by atoms with Crippen molar-refractivity contribution in [2.45, 2.75) is 13.3 Å². The molecule has 2 rings (SSSR count). The van der Waals surface area contributed by atoms with Crippen LogP contribution >= 0.6 is 0 Å². The van der Waals surface area contributed by atoms with E-state index in [1.54, 1.807) is 18.2 Å². The number of amides is 1. The lowest BCUT2D eigenvalue weighted by atomic mass is 10.2. The number of ether oxygens (including phenoxy) is 1. The summed E-state index contributed by atoms with van der Waals surface area (Å²) in [6.07, 6.45) is 0.512. The van der Waals surface area contributed by atoms with E-state index in [0.29, 0.717) is 15.7 Å². The zero-order chi connectivity index (χ0) is 20.2. The van der Waals surface area contributed by atoms with Crippen LogP contribution in [0.25, 0.3) is 0 Å². The number of sulfonamides is 1. The fraction of sp³-hybridized carbons (Fsp3) is 0.278. The fourth-order valence-electron chi connectivity index (χ4n) is 2.51. The summed E-state index contributed by atoms with van der Waals surface area (Å²) >= 11 is 0. The molecule has 2 aromatic rings. The smallest absolute Gasteiger partial charge is 0.232 e. The Kier molecular flexibility index (Phi) is 6.37. The van der Waals surface area contributed by atoms with Crippen molar-refractivity contribution in [2.24, 2.45) is 0 Å². The van der Waals surface area contributed by atoms with E-state index in [-0.39, 0.29) is 6.42 Å². The number of carbonyl (C=O) groups is 1. The van der Waals surface area contributed by atoms with Crippen molar-refractivity contribution in [3.63, 3.8) is 0 Å². The molecular weight excluding hydrogens is 378 g/mol. The third kappa shape index (κ3) is 5.16. The lowest BCUT2D eigenvalue weighted by molar-refractivity contribution is -0.116. The molecule has 0 saturated heterocycles. The maximum Gasteiger partial charge on any atom is 0.232 e. The summed E-state index contributed by atoms with van der Waals surface area (Å²) in [7, 11) is -2.55. The molecule has 9 heteroatoms. The number of hydrogen-bond donors (Lipinski definition) is 1. The van der Waals surface area contributed by atoms with Gasteiger partial charge in [-0.3, -0.25) is 9.10 Å². The van der Waals surface area contributed by atoms with E-state index in [4.69, 9.17) is 4.74 Å². The normalized spacial score (nSPS) is 11.1. The SMILES string of the molecule is COc1ccc(C)cc1NC(=O)CCN(c1c(F)cccc1F)S(C)(=O)=O. The number of hydrogen-bond acceptors (Lipinski definition) is 4. The van der Waals surface area contributed by atoms with Crippen LogP contribution in [0.1, 0.15) is 12.0 Å². The molecule has 0 fully saturated rings. The second kappa shape index (κ2) is 8.34. The zero-order valence-corrected chi connectivity index (χ0v) is 15.9. The number of aryl methyl sites for hydroxylation is 1. The monoisotopic (exact) mass is 398 g/mol. The first-order valence-corrected chi connectivity index (χ1v) is 9.84. The number of carbonyl (C=O) groups excluding carboxylic acids is 1. The van der Waals surface area contributed by atoms with Crippen molar-refractivity contribution >= 4 is 27.3 Å². The van der Waals surface area contributed by atoms with Crippen molar-refractivity contribution in [2.75, 3.05) is 29.5 Å². The number of para-hydroxylation sites is 1. The van der Waals surface area contributed by atoms with Gasteiger partial charge >= 0.3 is 0 Å². The maximum atomic E-state index is 14.0. The standard InChI is InChI=1S/C18H20F2N2O4S/c1-12-7-8-16(26-2)15(11-12)21-17(23)9-10-22(27(3,24)25)18-13(19)5-4-6-14(18)20/h4-8,11H,9-10H2,1-3H3,(H,21,23). The average Bonchev–Trinajstić information content (AvgIpc) is 2.56. The van der Waals surface area contributed by atoms with E-state index >= 15 is 0 Å². The Morgan fingerprint density at radius 1 is 1.19 bits per heavy atom. The molecule has 27 heavy (non-hydrogen) atoms. The Hall–Kier alpha value is -2.68. The lowest BCUT2D eigenvalue weighted by Crippen LogP contribution is -2.34. The zero-order valence-electron chi connectivity index (χ0n) is 15.1. The fourth-order valence-corrected chi connectivity index (χ4v) is 3.44. The van der Waals surface area contributed by atoms with Gasteiger partial charge in [-0.2, -0.15) is 0 Å². The van der Waals surface area contributed by atoms with E-state index in [9.17, 15) is 22.0 Å². The highest BCUT2D eigenvalue weighted by atomic mass is 32.2. The molecule has 6 nitrogen and oxygen atoms in total. The van der Waals surface area contributed by atoms with E-state index in [2.05, 4.69) is 5.32 Å². The third-order valence-corrected chi connectivity index (χ3v) is 4.92. The molecule has 0 spiro atoms. The number of methoxy groups -OCH3 is 1. The third-order valence-electron chi connectivity index (χ3n) is 3.76. The minimum atomic E-state index is -4.00. The van der Waals surface area contributed by atoms with Crippen molar-refractivity contribution in [3.8, 4) is 5.75 Å². The van der Waals surface area contributed by atoms with Crippen molar-refractivity contribution < 1.29 is 26.7 Å². The summed E-state index contributed by atoms with van der Waals surface area (Å²) in [4.78, 5) is 12.2. The van der Waals surface area contributed by atoms with Gasteiger partial charge in [-0.1, -0.05) is 12.1 Å². The van der Waals surface area contributed by atoms with E-state index in [1.807, 2.05) is 6.92 Å². The van der Waals surface area contributed by atoms with Gasteiger partial charge in [0.05, 0.1) is 19.1 Å². The summed E-state index contributed by atoms with van der Waals surface area (Å²) in [5, 5.41) is 2.62. The van der Waals surface area contributed by atoms with Gasteiger partial charge in [-0.25, -0.2) is 17.2 Å². The van der Waals surface area contributed by atoms with Crippen LogP contribution in [0.5, 0.6) is 5.75 Å². The highest BCUT2D eigenvalue weighted by molar-refractivity contribution is 7.92. The van der Waals surface area contributed by atoms with Crippen LogP contribution in [0.15, 0.2) is 36.4 Å². The first kappa shape index (κ1) is 20.6. The van der Waals surface area contributed by atoms with Crippen LogP contribution in [0.3, 0.4) is 0 Å². The van der Waals surface area contributed by atoms with E-state index in [1.165, 1.54) is 7.11 Å². The highest BCUT2D eigenvalue weighted by Crippen LogP contribution is 2.27. The van der Waals surface area contributed by atoms with Gasteiger partial charge < -0.3 is 10.1 Å². The highest BCUT2D eigenvalue weighted by Gasteiger charge is 2.25. The molecular formula is C18H20F2N2O4S. The van der Waals surface area contributed by atoms with Crippen LogP contribution in [0, 0.1) is 18.6 Å². The summed E-state index contributed by atoms with van der Waals surface area (Å²) in [6, 6.07) is 8.22. The molecule has 1 N–H and O–H groups in total.